The van der Waals surface area contributed by atoms with Gasteiger partial charge in [-0.1, -0.05) is 11.6 Å². The molecule has 0 saturated carbocycles. The van der Waals surface area contributed by atoms with Crippen LogP contribution in [0.5, 0.6) is 5.88 Å². The first-order chi connectivity index (χ1) is 13.1. The maximum atomic E-state index is 10.5. The number of nitrogens with one attached hydrogen (secondary N) is 1. The molecule has 3 rings (SSSR count). The summed E-state index contributed by atoms with van der Waals surface area (Å²) >= 11 is 5.26. The first-order valence-electron chi connectivity index (χ1n) is 9.41. The average Bonchev–Trinajstić information content (AvgIpc) is 2.94. The molecule has 27 heavy (non-hydrogen) atoms. The third-order valence-corrected chi connectivity index (χ3v) is 4.98. The molecule has 1 aliphatic heterocycles. The Hall–Kier alpha value is -2.03. The zero-order valence-electron chi connectivity index (χ0n) is 15.9. The molecule has 0 aliphatic carbocycles. The number of azo groups is 1. The van der Waals surface area contributed by atoms with Gasteiger partial charge in [-0.2, -0.15) is 0 Å². The second-order valence-electron chi connectivity index (χ2n) is 6.68. The molecule has 1 aromatic carbocycles. The van der Waals surface area contributed by atoms with E-state index in [1.54, 1.807) is 0 Å². The van der Waals surface area contributed by atoms with Gasteiger partial charge in [-0.05, 0) is 51.2 Å². The third-order valence-electron chi connectivity index (χ3n) is 4.75. The molecule has 0 radical (unpaired) electrons. The van der Waals surface area contributed by atoms with Crippen molar-refractivity contribution in [1.29, 1.82) is 0 Å². The zero-order chi connectivity index (χ0) is 19.2. The normalized spacial score (nSPS) is 15.6. The molecule has 2 heterocycles. The molecule has 0 atom stereocenters. The van der Waals surface area contributed by atoms with Crippen LogP contribution in [-0.4, -0.2) is 59.1 Å². The van der Waals surface area contributed by atoms with Gasteiger partial charge >= 0.3 is 0 Å². The van der Waals surface area contributed by atoms with Gasteiger partial charge in [-0.3, -0.25) is 4.90 Å². The number of rotatable bonds is 6. The highest BCUT2D eigenvalue weighted by Crippen LogP contribution is 2.39. The number of hydrogen-bond acceptors (Lipinski definition) is 5. The van der Waals surface area contributed by atoms with Gasteiger partial charge in [-0.15, -0.1) is 10.2 Å². The van der Waals surface area contributed by atoms with Crippen LogP contribution >= 0.6 is 12.2 Å². The van der Waals surface area contributed by atoms with Crippen molar-refractivity contribution in [2.45, 2.75) is 26.8 Å². The van der Waals surface area contributed by atoms with Crippen molar-refractivity contribution in [2.24, 2.45) is 10.2 Å². The van der Waals surface area contributed by atoms with Crippen LogP contribution in [0.25, 0.3) is 10.9 Å². The fourth-order valence-corrected chi connectivity index (χ4v) is 3.45. The Morgan fingerprint density at radius 1 is 1.33 bits per heavy atom. The fraction of sp³-hybridized carbons (Fsp3) is 0.526. The Bertz CT molecular complexity index is 827. The van der Waals surface area contributed by atoms with Gasteiger partial charge in [0.05, 0.1) is 18.7 Å². The second-order valence-corrected chi connectivity index (χ2v) is 7.06. The van der Waals surface area contributed by atoms with E-state index in [2.05, 4.69) is 20.4 Å². The molecule has 1 saturated heterocycles. The summed E-state index contributed by atoms with van der Waals surface area (Å²) in [5, 5.41) is 23.2. The van der Waals surface area contributed by atoms with Crippen LogP contribution in [-0.2, 0) is 11.3 Å². The lowest BCUT2D eigenvalue weighted by Gasteiger charge is -2.26. The molecule has 0 unspecified atom stereocenters. The van der Waals surface area contributed by atoms with E-state index in [1.165, 1.54) is 0 Å². The predicted molar refractivity (Wildman–Crippen MR) is 111 cm³/mol. The molecular weight excluding hydrogens is 362 g/mol. The van der Waals surface area contributed by atoms with Crippen molar-refractivity contribution in [3.63, 3.8) is 0 Å². The number of nitrogens with zero attached hydrogens (tertiary/aromatic N) is 4. The molecule has 2 aromatic rings. The van der Waals surface area contributed by atoms with Gasteiger partial charge in [0.1, 0.15) is 0 Å². The Labute approximate surface area is 165 Å². The molecule has 1 fully saturated rings. The summed E-state index contributed by atoms with van der Waals surface area (Å²) < 4.78 is 7.17. The van der Waals surface area contributed by atoms with Crippen LogP contribution in [0, 0.1) is 6.92 Å². The van der Waals surface area contributed by atoms with Crippen LogP contribution in [0.1, 0.15) is 18.9 Å². The van der Waals surface area contributed by atoms with Gasteiger partial charge in [0.2, 0.25) is 11.0 Å². The highest BCUT2D eigenvalue weighted by atomic mass is 32.1. The number of hydrogen-bond donors (Lipinski definition) is 2. The molecule has 146 valence electrons. The van der Waals surface area contributed by atoms with Gasteiger partial charge in [-0.25, -0.2) is 0 Å². The molecule has 0 bridgehead atoms. The summed E-state index contributed by atoms with van der Waals surface area (Å²) in [7, 11) is 0. The van der Waals surface area contributed by atoms with Gasteiger partial charge in [0.15, 0.2) is 5.69 Å². The highest BCUT2D eigenvalue weighted by molar-refractivity contribution is 7.80. The molecule has 0 amide bonds. The van der Waals surface area contributed by atoms with Crippen LogP contribution in [0.2, 0.25) is 0 Å². The predicted octanol–water partition coefficient (Wildman–Crippen LogP) is 3.36. The summed E-state index contributed by atoms with van der Waals surface area (Å²) in [4.78, 5) is 2.38. The quantitative estimate of drug-likeness (QED) is 0.450. The number of morpholine rings is 1. The summed E-state index contributed by atoms with van der Waals surface area (Å²) in [6.07, 6.45) is 0.981. The van der Waals surface area contributed by atoms with Crippen LogP contribution in [0.15, 0.2) is 28.4 Å². The van der Waals surface area contributed by atoms with E-state index in [-0.39, 0.29) is 5.88 Å². The molecular formula is C19H27N5O2S. The topological polar surface area (TPSA) is 74.4 Å². The lowest BCUT2D eigenvalue weighted by atomic mass is 10.1. The smallest absolute Gasteiger partial charge is 0.220 e. The number of benzene rings is 1. The monoisotopic (exact) mass is 389 g/mol. The van der Waals surface area contributed by atoms with Crippen molar-refractivity contribution >= 4 is 33.9 Å². The molecule has 7 nitrogen and oxygen atoms in total. The number of aromatic hydroxyl groups is 1. The molecule has 8 heteroatoms. The molecule has 0 spiro atoms. The van der Waals surface area contributed by atoms with Gasteiger partial charge in [0, 0.05) is 31.6 Å². The van der Waals surface area contributed by atoms with E-state index < -0.39 is 0 Å². The zero-order valence-corrected chi connectivity index (χ0v) is 16.8. The Morgan fingerprint density at radius 2 is 2.11 bits per heavy atom. The fourth-order valence-electron chi connectivity index (χ4n) is 3.31. The number of aryl methyl sites for hydroxylation is 2. The first kappa shape index (κ1) is 19.7. The second kappa shape index (κ2) is 9.25. The summed E-state index contributed by atoms with van der Waals surface area (Å²) in [5.41, 5.74) is 2.52. The summed E-state index contributed by atoms with van der Waals surface area (Å²) in [5.74, 6) is 0.122. The average molecular weight is 390 g/mol. The number of fused-ring (bicyclic) bond motifs is 1. The lowest BCUT2D eigenvalue weighted by molar-refractivity contribution is 0.0376. The van der Waals surface area contributed by atoms with Crippen LogP contribution in [0.4, 0.5) is 5.69 Å². The highest BCUT2D eigenvalue weighted by Gasteiger charge is 2.16. The number of thiocarbonyl (C=S) groups is 1. The maximum absolute atomic E-state index is 10.5. The van der Waals surface area contributed by atoms with E-state index in [0.717, 1.165) is 62.3 Å². The van der Waals surface area contributed by atoms with Gasteiger partial charge < -0.3 is 19.7 Å². The molecule has 1 aliphatic rings. The summed E-state index contributed by atoms with van der Waals surface area (Å²) in [6, 6.07) is 6.03. The Morgan fingerprint density at radius 3 is 2.85 bits per heavy atom. The standard InChI is InChI=1S/C19H27N5O2S/c1-3-24-16-6-5-14(2)13-15(16)17(18(24)25)21-22-19(27)20-7-4-8-23-9-11-26-12-10-23/h5-6,13,25H,3-4,7-12H2,1-2H3,(H,20,27). The Balaban J connectivity index is 1.59. The minimum atomic E-state index is 0.122. The molecule has 1 aromatic heterocycles. The van der Waals surface area contributed by atoms with Crippen LogP contribution < -0.4 is 5.32 Å². The van der Waals surface area contributed by atoms with Crippen molar-refractivity contribution in [3.8, 4) is 5.88 Å². The van der Waals surface area contributed by atoms with E-state index in [1.807, 2.05) is 36.6 Å². The Kier molecular flexibility index (Phi) is 6.76. The van der Waals surface area contributed by atoms with E-state index in [0.29, 0.717) is 17.3 Å². The maximum Gasteiger partial charge on any atom is 0.220 e. The minimum Gasteiger partial charge on any atom is -0.493 e. The number of aromatic nitrogens is 1. The van der Waals surface area contributed by atoms with Gasteiger partial charge in [0.25, 0.3) is 0 Å². The van der Waals surface area contributed by atoms with Crippen molar-refractivity contribution in [1.82, 2.24) is 14.8 Å². The van der Waals surface area contributed by atoms with Crippen molar-refractivity contribution < 1.29 is 9.84 Å². The van der Waals surface area contributed by atoms with E-state index in [9.17, 15) is 5.11 Å². The van der Waals surface area contributed by atoms with Crippen LogP contribution in [0.3, 0.4) is 0 Å². The summed E-state index contributed by atoms with van der Waals surface area (Å²) in [6.45, 7) is 10.0. The van der Waals surface area contributed by atoms with E-state index in [4.69, 9.17) is 17.0 Å². The third kappa shape index (κ3) is 4.82. The van der Waals surface area contributed by atoms with Crippen molar-refractivity contribution in [2.75, 3.05) is 39.4 Å². The minimum absolute atomic E-state index is 0.122. The lowest BCUT2D eigenvalue weighted by Crippen LogP contribution is -2.37. The SMILES string of the molecule is CCn1c(O)c(N=NC(=S)NCCCN2CCOCC2)c2cc(C)ccc21. The molecule has 2 N–H and O–H groups in total. The largest absolute Gasteiger partial charge is 0.493 e. The first-order valence-corrected chi connectivity index (χ1v) is 9.82. The van der Waals surface area contributed by atoms with Crippen molar-refractivity contribution in [3.05, 3.63) is 23.8 Å². The van der Waals surface area contributed by atoms with E-state index >= 15 is 0 Å². The number of ether oxygens (including phenoxy) is 1.